The van der Waals surface area contributed by atoms with Gasteiger partial charge in [-0.2, -0.15) is 0 Å². The van der Waals surface area contributed by atoms with Crippen LogP contribution in [0.5, 0.6) is 5.75 Å². The molecule has 1 unspecified atom stereocenters. The third-order valence-corrected chi connectivity index (χ3v) is 5.31. The van der Waals surface area contributed by atoms with Crippen LogP contribution in [0.2, 0.25) is 4.34 Å². The molecule has 2 rings (SSSR count). The molecule has 1 heterocycles. The van der Waals surface area contributed by atoms with Crippen molar-refractivity contribution in [2.24, 2.45) is 0 Å². The molecule has 5 nitrogen and oxygen atoms in total. The molecule has 1 atom stereocenters. The third kappa shape index (κ3) is 5.56. The summed E-state index contributed by atoms with van der Waals surface area (Å²) in [6, 6.07) is 11.1. The second-order valence-corrected chi connectivity index (χ2v) is 7.77. The SMILES string of the molecule is COc1ccccc1C(CNC(=O)CCC(=O)c1ccc(Cl)s1)N(C)C. The maximum Gasteiger partial charge on any atom is 0.220 e. The predicted molar refractivity (Wildman–Crippen MR) is 105 cm³/mol. The molecule has 1 N–H and O–H groups in total. The maximum atomic E-state index is 12.2. The van der Waals surface area contributed by atoms with Gasteiger partial charge in [0, 0.05) is 24.9 Å². The summed E-state index contributed by atoms with van der Waals surface area (Å²) in [6.07, 6.45) is 0.324. The number of ether oxygens (including phenoxy) is 1. The average molecular weight is 395 g/mol. The van der Waals surface area contributed by atoms with E-state index in [-0.39, 0.29) is 30.6 Å². The molecule has 0 aliphatic heterocycles. The maximum absolute atomic E-state index is 12.2. The zero-order chi connectivity index (χ0) is 19.1. The van der Waals surface area contributed by atoms with Crippen LogP contribution in [0, 0.1) is 0 Å². The Bertz CT molecular complexity index is 761. The molecule has 0 bridgehead atoms. The topological polar surface area (TPSA) is 58.6 Å². The lowest BCUT2D eigenvalue weighted by atomic mass is 10.0. The van der Waals surface area contributed by atoms with Gasteiger partial charge in [-0.1, -0.05) is 29.8 Å². The number of para-hydroxylation sites is 1. The molecule has 0 saturated heterocycles. The smallest absolute Gasteiger partial charge is 0.220 e. The van der Waals surface area contributed by atoms with Crippen molar-refractivity contribution < 1.29 is 14.3 Å². The average Bonchev–Trinajstić information content (AvgIpc) is 3.06. The largest absolute Gasteiger partial charge is 0.496 e. The Hall–Kier alpha value is -1.89. The van der Waals surface area contributed by atoms with Crippen molar-refractivity contribution in [2.75, 3.05) is 27.7 Å². The van der Waals surface area contributed by atoms with Crippen LogP contribution in [0.3, 0.4) is 0 Å². The number of methoxy groups -OCH3 is 1. The summed E-state index contributed by atoms with van der Waals surface area (Å²) in [5.41, 5.74) is 1.00. The van der Waals surface area contributed by atoms with Gasteiger partial charge in [0.15, 0.2) is 5.78 Å². The number of amides is 1. The van der Waals surface area contributed by atoms with Crippen LogP contribution < -0.4 is 10.1 Å². The Kier molecular flexibility index (Phi) is 7.63. The zero-order valence-electron chi connectivity index (χ0n) is 15.1. The summed E-state index contributed by atoms with van der Waals surface area (Å²) >= 11 is 7.07. The van der Waals surface area contributed by atoms with Gasteiger partial charge in [-0.25, -0.2) is 0 Å². The minimum atomic E-state index is -0.150. The molecule has 2 aromatic rings. The summed E-state index contributed by atoms with van der Waals surface area (Å²) in [6.45, 7) is 0.436. The van der Waals surface area contributed by atoms with E-state index in [1.54, 1.807) is 19.2 Å². The lowest BCUT2D eigenvalue weighted by Crippen LogP contribution is -2.34. The molecule has 1 aromatic carbocycles. The highest BCUT2D eigenvalue weighted by Crippen LogP contribution is 2.27. The first-order chi connectivity index (χ1) is 12.4. The fourth-order valence-electron chi connectivity index (χ4n) is 2.63. The second kappa shape index (κ2) is 9.71. The number of halogens is 1. The van der Waals surface area contributed by atoms with Crippen molar-refractivity contribution in [1.82, 2.24) is 10.2 Å². The van der Waals surface area contributed by atoms with Crippen molar-refractivity contribution in [1.29, 1.82) is 0 Å². The summed E-state index contributed by atoms with van der Waals surface area (Å²) < 4.78 is 5.99. The van der Waals surface area contributed by atoms with Crippen LogP contribution in [0.25, 0.3) is 0 Å². The van der Waals surface area contributed by atoms with Gasteiger partial charge < -0.3 is 15.0 Å². The molecule has 0 fully saturated rings. The Morgan fingerprint density at radius 3 is 2.54 bits per heavy atom. The van der Waals surface area contributed by atoms with Crippen LogP contribution >= 0.6 is 22.9 Å². The van der Waals surface area contributed by atoms with Gasteiger partial charge in [0.1, 0.15) is 5.75 Å². The number of hydrogen-bond acceptors (Lipinski definition) is 5. The first kappa shape index (κ1) is 20.4. The number of ketones is 1. The van der Waals surface area contributed by atoms with E-state index in [0.717, 1.165) is 11.3 Å². The van der Waals surface area contributed by atoms with Crippen molar-refractivity contribution in [3.63, 3.8) is 0 Å². The van der Waals surface area contributed by atoms with Crippen LogP contribution in [0.1, 0.15) is 34.1 Å². The van der Waals surface area contributed by atoms with Crippen LogP contribution in [0.15, 0.2) is 36.4 Å². The fraction of sp³-hybridized carbons (Fsp3) is 0.368. The summed E-state index contributed by atoms with van der Waals surface area (Å²) in [7, 11) is 5.53. The first-order valence-corrected chi connectivity index (χ1v) is 9.46. The van der Waals surface area contributed by atoms with E-state index in [9.17, 15) is 9.59 Å². The Balaban J connectivity index is 1.90. The van der Waals surface area contributed by atoms with Gasteiger partial charge in [0.2, 0.25) is 5.91 Å². The minimum Gasteiger partial charge on any atom is -0.496 e. The van der Waals surface area contributed by atoms with E-state index in [4.69, 9.17) is 16.3 Å². The molecule has 0 aliphatic rings. The Labute approximate surface area is 162 Å². The highest BCUT2D eigenvalue weighted by Gasteiger charge is 2.19. The van der Waals surface area contributed by atoms with Crippen molar-refractivity contribution >= 4 is 34.6 Å². The number of thiophene rings is 1. The predicted octanol–water partition coefficient (Wildman–Crippen LogP) is 3.79. The molecule has 0 radical (unpaired) electrons. The lowest BCUT2D eigenvalue weighted by molar-refractivity contribution is -0.121. The van der Waals surface area contributed by atoms with E-state index in [2.05, 4.69) is 5.32 Å². The van der Waals surface area contributed by atoms with Gasteiger partial charge in [0.05, 0.1) is 22.4 Å². The normalized spacial score (nSPS) is 12.0. The molecule has 0 aliphatic carbocycles. The van der Waals surface area contributed by atoms with Crippen LogP contribution in [0.4, 0.5) is 0 Å². The quantitative estimate of drug-likeness (QED) is 0.657. The number of nitrogens with one attached hydrogen (secondary N) is 1. The van der Waals surface area contributed by atoms with Gasteiger partial charge in [-0.3, -0.25) is 9.59 Å². The van der Waals surface area contributed by atoms with E-state index in [1.807, 2.05) is 43.3 Å². The second-order valence-electron chi connectivity index (χ2n) is 6.05. The van der Waals surface area contributed by atoms with Gasteiger partial charge in [0.25, 0.3) is 0 Å². The molecule has 1 aromatic heterocycles. The van der Waals surface area contributed by atoms with Gasteiger partial charge in [-0.15, -0.1) is 11.3 Å². The molecular formula is C19H23ClN2O3S. The Morgan fingerprint density at radius 1 is 1.19 bits per heavy atom. The van der Waals surface area contributed by atoms with Crippen molar-refractivity contribution in [3.05, 3.63) is 51.2 Å². The number of hydrogen-bond donors (Lipinski definition) is 1. The summed E-state index contributed by atoms with van der Waals surface area (Å²) in [5.74, 6) is 0.568. The van der Waals surface area contributed by atoms with E-state index < -0.39 is 0 Å². The number of carbonyl (C=O) groups excluding carboxylic acids is 2. The molecule has 0 saturated carbocycles. The van der Waals surface area contributed by atoms with Gasteiger partial charge >= 0.3 is 0 Å². The van der Waals surface area contributed by atoms with Crippen molar-refractivity contribution in [3.8, 4) is 5.75 Å². The summed E-state index contributed by atoms with van der Waals surface area (Å²) in [4.78, 5) is 26.8. The van der Waals surface area contributed by atoms with Crippen LogP contribution in [-0.4, -0.2) is 44.3 Å². The molecular weight excluding hydrogens is 372 g/mol. The summed E-state index contributed by atoms with van der Waals surface area (Å²) in [5, 5.41) is 2.91. The molecule has 26 heavy (non-hydrogen) atoms. The van der Waals surface area contributed by atoms with Crippen LogP contribution in [-0.2, 0) is 4.79 Å². The number of carbonyl (C=O) groups is 2. The highest BCUT2D eigenvalue weighted by atomic mass is 35.5. The van der Waals surface area contributed by atoms with E-state index in [0.29, 0.717) is 15.8 Å². The standard InChI is InChI=1S/C19H23ClN2O3S/c1-22(2)14(13-6-4-5-7-16(13)25-3)12-21-19(24)11-8-15(23)17-9-10-18(20)26-17/h4-7,9-10,14H,8,11-12H2,1-3H3,(H,21,24). The lowest BCUT2D eigenvalue weighted by Gasteiger charge is -2.26. The number of Topliss-reactive ketones (excluding diaryl/α,β-unsaturated/α-hetero) is 1. The number of benzene rings is 1. The number of rotatable bonds is 9. The molecule has 1 amide bonds. The Morgan fingerprint density at radius 2 is 1.92 bits per heavy atom. The molecule has 140 valence electrons. The van der Waals surface area contributed by atoms with E-state index >= 15 is 0 Å². The number of nitrogens with zero attached hydrogens (tertiary/aromatic N) is 1. The zero-order valence-corrected chi connectivity index (χ0v) is 16.7. The first-order valence-electron chi connectivity index (χ1n) is 8.27. The monoisotopic (exact) mass is 394 g/mol. The number of likely N-dealkylation sites (N-methyl/N-ethyl adjacent to an activating group) is 1. The highest BCUT2D eigenvalue weighted by molar-refractivity contribution is 7.18. The van der Waals surface area contributed by atoms with E-state index in [1.165, 1.54) is 11.3 Å². The fourth-order valence-corrected chi connectivity index (χ4v) is 3.64. The third-order valence-electron chi connectivity index (χ3n) is 4.04. The minimum absolute atomic E-state index is 0.0260. The molecule has 7 heteroatoms. The molecule has 0 spiro atoms. The van der Waals surface area contributed by atoms with Crippen molar-refractivity contribution in [2.45, 2.75) is 18.9 Å². The van der Waals surface area contributed by atoms with Gasteiger partial charge in [-0.05, 0) is 32.3 Å².